The van der Waals surface area contributed by atoms with Crippen LogP contribution in [0.5, 0.6) is 5.75 Å². The van der Waals surface area contributed by atoms with E-state index in [-0.39, 0.29) is 16.6 Å². The van der Waals surface area contributed by atoms with Crippen LogP contribution in [0.15, 0.2) is 34.8 Å². The lowest BCUT2D eigenvalue weighted by Crippen LogP contribution is -2.24. The summed E-state index contributed by atoms with van der Waals surface area (Å²) in [5.74, 6) is -7.48. The molecule has 0 fully saturated rings. The second-order valence-electron chi connectivity index (χ2n) is 3.92. The number of halogens is 7. The minimum atomic E-state index is -4.22. The van der Waals surface area contributed by atoms with Gasteiger partial charge in [0, 0.05) is 16.6 Å². The van der Waals surface area contributed by atoms with E-state index in [4.69, 9.17) is 0 Å². The molecule has 2 aromatic carbocycles. The fourth-order valence-corrected chi connectivity index (χ4v) is 2.14. The van der Waals surface area contributed by atoms with Crippen molar-refractivity contribution in [1.82, 2.24) is 0 Å². The van der Waals surface area contributed by atoms with E-state index in [1.54, 1.807) is 0 Å². The average Bonchev–Trinajstić information content (AvgIpc) is 2.34. The molecule has 0 heterocycles. The number of alkyl halides is 2. The standard InChI is InChI=1S/C13H5BrF6O/c14-7-2-1-3-8(15)11(7)13(19,20)21-6-4-9(16)12(18)10(17)5-6/h1-5H. The van der Waals surface area contributed by atoms with Crippen molar-refractivity contribution in [3.05, 3.63) is 63.6 Å². The third-order valence-corrected chi connectivity index (χ3v) is 3.12. The van der Waals surface area contributed by atoms with Crippen LogP contribution in [0.25, 0.3) is 0 Å². The van der Waals surface area contributed by atoms with Gasteiger partial charge in [0.1, 0.15) is 17.1 Å². The van der Waals surface area contributed by atoms with Crippen LogP contribution < -0.4 is 4.74 Å². The van der Waals surface area contributed by atoms with Gasteiger partial charge >= 0.3 is 6.11 Å². The number of ether oxygens (including phenoxy) is 1. The Hall–Kier alpha value is -1.70. The molecule has 0 saturated heterocycles. The topological polar surface area (TPSA) is 9.23 Å². The Labute approximate surface area is 123 Å². The molecule has 0 aliphatic rings. The maximum atomic E-state index is 13.9. The summed E-state index contributed by atoms with van der Waals surface area (Å²) in [5.41, 5.74) is -1.14. The van der Waals surface area contributed by atoms with Crippen molar-refractivity contribution < 1.29 is 31.1 Å². The Morgan fingerprint density at radius 2 is 1.48 bits per heavy atom. The van der Waals surface area contributed by atoms with E-state index in [0.29, 0.717) is 0 Å². The van der Waals surface area contributed by atoms with Crippen LogP contribution in [-0.4, -0.2) is 0 Å². The summed E-state index contributed by atoms with van der Waals surface area (Å²) in [7, 11) is 0. The molecular weight excluding hydrogens is 366 g/mol. The minimum absolute atomic E-state index is 0.237. The third kappa shape index (κ3) is 3.15. The normalized spacial score (nSPS) is 11.6. The highest BCUT2D eigenvalue weighted by molar-refractivity contribution is 9.10. The summed E-state index contributed by atoms with van der Waals surface area (Å²) in [6.07, 6.45) is -4.22. The Balaban J connectivity index is 2.42. The van der Waals surface area contributed by atoms with Crippen LogP contribution >= 0.6 is 15.9 Å². The van der Waals surface area contributed by atoms with Crippen molar-refractivity contribution >= 4 is 15.9 Å². The second kappa shape index (κ2) is 5.59. The summed E-state index contributed by atoms with van der Waals surface area (Å²) in [6, 6.07) is 3.56. The fraction of sp³-hybridized carbons (Fsp3) is 0.0769. The molecule has 1 nitrogen and oxygen atoms in total. The molecule has 21 heavy (non-hydrogen) atoms. The van der Waals surface area contributed by atoms with E-state index >= 15 is 0 Å². The average molecular weight is 371 g/mol. The minimum Gasteiger partial charge on any atom is -0.429 e. The molecule has 2 rings (SSSR count). The number of hydrogen-bond donors (Lipinski definition) is 0. The van der Waals surface area contributed by atoms with E-state index in [2.05, 4.69) is 20.7 Å². The molecule has 2 aromatic rings. The van der Waals surface area contributed by atoms with Crippen LogP contribution in [0, 0.1) is 23.3 Å². The van der Waals surface area contributed by atoms with Gasteiger partial charge in [0.2, 0.25) is 0 Å². The molecule has 0 spiro atoms. The highest BCUT2D eigenvalue weighted by Crippen LogP contribution is 2.38. The Morgan fingerprint density at radius 3 is 2.00 bits per heavy atom. The molecule has 0 saturated carbocycles. The van der Waals surface area contributed by atoms with Crippen molar-refractivity contribution in [1.29, 1.82) is 0 Å². The van der Waals surface area contributed by atoms with Gasteiger partial charge in [0.15, 0.2) is 17.5 Å². The van der Waals surface area contributed by atoms with E-state index in [1.807, 2.05) is 0 Å². The van der Waals surface area contributed by atoms with Crippen LogP contribution in [-0.2, 0) is 6.11 Å². The lowest BCUT2D eigenvalue weighted by Gasteiger charge is -2.20. The van der Waals surface area contributed by atoms with Crippen molar-refractivity contribution in [2.24, 2.45) is 0 Å². The molecule has 0 unspecified atom stereocenters. The van der Waals surface area contributed by atoms with Crippen LogP contribution in [0.1, 0.15) is 5.56 Å². The first-order valence-corrected chi connectivity index (χ1v) is 6.17. The number of benzene rings is 2. The first-order chi connectivity index (χ1) is 9.72. The molecule has 0 aromatic heterocycles. The van der Waals surface area contributed by atoms with Gasteiger partial charge in [-0.05, 0) is 12.1 Å². The van der Waals surface area contributed by atoms with Crippen LogP contribution in [0.2, 0.25) is 0 Å². The molecule has 0 atom stereocenters. The summed E-state index contributed by atoms with van der Waals surface area (Å²) in [6.45, 7) is 0. The first kappa shape index (κ1) is 15.7. The van der Waals surface area contributed by atoms with Crippen molar-refractivity contribution in [2.45, 2.75) is 6.11 Å². The van der Waals surface area contributed by atoms with Gasteiger partial charge in [-0.25, -0.2) is 17.6 Å². The SMILES string of the molecule is Fc1cc(OC(F)(F)c2c(F)cccc2Br)cc(F)c1F. The smallest absolute Gasteiger partial charge is 0.429 e. The van der Waals surface area contributed by atoms with Gasteiger partial charge in [-0.3, -0.25) is 0 Å². The molecule has 8 heteroatoms. The Morgan fingerprint density at radius 1 is 0.905 bits per heavy atom. The van der Waals surface area contributed by atoms with Gasteiger partial charge in [-0.1, -0.05) is 22.0 Å². The maximum absolute atomic E-state index is 13.9. The predicted molar refractivity (Wildman–Crippen MR) is 64.9 cm³/mol. The van der Waals surface area contributed by atoms with Crippen molar-refractivity contribution in [3.8, 4) is 5.75 Å². The molecule has 0 aliphatic carbocycles. The zero-order valence-corrected chi connectivity index (χ0v) is 11.5. The highest BCUT2D eigenvalue weighted by atomic mass is 79.9. The van der Waals surface area contributed by atoms with Crippen LogP contribution in [0.4, 0.5) is 26.3 Å². The predicted octanol–water partition coefficient (Wildman–Crippen LogP) is 5.13. The Kier molecular flexibility index (Phi) is 4.18. The monoisotopic (exact) mass is 370 g/mol. The molecule has 0 N–H and O–H groups in total. The van der Waals surface area contributed by atoms with Gasteiger partial charge in [-0.15, -0.1) is 0 Å². The second-order valence-corrected chi connectivity index (χ2v) is 4.77. The summed E-state index contributed by atoms with van der Waals surface area (Å²) >= 11 is 2.73. The molecule has 0 aliphatic heterocycles. The summed E-state index contributed by atoms with van der Waals surface area (Å²) < 4.78 is 83.7. The van der Waals surface area contributed by atoms with Gasteiger partial charge < -0.3 is 4.74 Å². The molecule has 0 bridgehead atoms. The van der Waals surface area contributed by atoms with Gasteiger partial charge in [-0.2, -0.15) is 8.78 Å². The van der Waals surface area contributed by atoms with Crippen molar-refractivity contribution in [2.75, 3.05) is 0 Å². The molecule has 0 amide bonds. The number of hydrogen-bond acceptors (Lipinski definition) is 1. The fourth-order valence-electron chi connectivity index (χ4n) is 1.57. The third-order valence-electron chi connectivity index (χ3n) is 2.46. The zero-order chi connectivity index (χ0) is 15.8. The zero-order valence-electron chi connectivity index (χ0n) is 9.94. The Bertz CT molecular complexity index is 645. The highest BCUT2D eigenvalue weighted by Gasteiger charge is 2.40. The summed E-state index contributed by atoms with van der Waals surface area (Å²) in [4.78, 5) is 0. The van der Waals surface area contributed by atoms with Gasteiger partial charge in [0.25, 0.3) is 0 Å². The largest absolute Gasteiger partial charge is 0.430 e. The maximum Gasteiger partial charge on any atom is 0.430 e. The van der Waals surface area contributed by atoms with Crippen LogP contribution in [0.3, 0.4) is 0 Å². The lowest BCUT2D eigenvalue weighted by molar-refractivity contribution is -0.188. The first-order valence-electron chi connectivity index (χ1n) is 5.38. The van der Waals surface area contributed by atoms with Gasteiger partial charge in [0.05, 0.1) is 0 Å². The lowest BCUT2D eigenvalue weighted by atomic mass is 10.2. The van der Waals surface area contributed by atoms with E-state index in [0.717, 1.165) is 12.1 Å². The number of rotatable bonds is 3. The quantitative estimate of drug-likeness (QED) is 0.537. The van der Waals surface area contributed by atoms with Crippen molar-refractivity contribution in [3.63, 3.8) is 0 Å². The molecule has 0 radical (unpaired) electrons. The van der Waals surface area contributed by atoms with E-state index in [9.17, 15) is 26.3 Å². The van der Waals surface area contributed by atoms with E-state index in [1.165, 1.54) is 6.07 Å². The summed E-state index contributed by atoms with van der Waals surface area (Å²) in [5, 5.41) is 0. The molecular formula is C13H5BrF6O. The van der Waals surface area contributed by atoms with E-state index < -0.39 is 40.7 Å². The molecule has 112 valence electrons.